The molecule has 2 amide bonds. The lowest BCUT2D eigenvalue weighted by Gasteiger charge is -2.27. The van der Waals surface area contributed by atoms with Gasteiger partial charge in [0.05, 0.1) is 5.92 Å². The summed E-state index contributed by atoms with van der Waals surface area (Å²) in [6.07, 6.45) is -0.630. The molecule has 2 aromatic rings. The number of amides is 2. The van der Waals surface area contributed by atoms with Gasteiger partial charge in [0.15, 0.2) is 0 Å². The second kappa shape index (κ2) is 8.76. The number of benzene rings is 2. The van der Waals surface area contributed by atoms with Crippen molar-refractivity contribution >= 4 is 18.0 Å². The average Bonchev–Trinajstić information content (AvgIpc) is 3.17. The Morgan fingerprint density at radius 3 is 2.12 bits per heavy atom. The van der Waals surface area contributed by atoms with Crippen LogP contribution < -0.4 is 5.32 Å². The van der Waals surface area contributed by atoms with Gasteiger partial charge in [0.25, 0.3) is 0 Å². The largest absolute Gasteiger partial charge is 0.481 e. The van der Waals surface area contributed by atoms with E-state index in [1.807, 2.05) is 43.3 Å². The molecule has 2 N–H and O–H groups in total. The zero-order valence-corrected chi connectivity index (χ0v) is 19.3. The van der Waals surface area contributed by atoms with Crippen LogP contribution in [0.4, 0.5) is 4.79 Å². The van der Waals surface area contributed by atoms with Gasteiger partial charge in [-0.25, -0.2) is 4.79 Å². The predicted octanol–water partition coefficient (Wildman–Crippen LogP) is 2.24. The first kappa shape index (κ1) is 22.4. The Bertz CT molecular complexity index is 1080. The Morgan fingerprint density at radius 1 is 1.03 bits per heavy atom. The van der Waals surface area contributed by atoms with Gasteiger partial charge in [-0.05, 0) is 48.2 Å². The number of hydrogen-bond donors (Lipinski definition) is 2. The summed E-state index contributed by atoms with van der Waals surface area (Å²) in [5.41, 5.74) is 4.56. The maximum absolute atomic E-state index is 13.1. The zero-order chi connectivity index (χ0) is 24.0. The number of nitrogens with zero attached hydrogens (tertiary/aromatic N) is 2. The lowest BCUT2D eigenvalue weighted by atomic mass is 9.98. The second-order valence-corrected chi connectivity index (χ2v) is 9.72. The van der Waals surface area contributed by atoms with Crippen molar-refractivity contribution in [3.63, 3.8) is 0 Å². The number of nitrogens with one attached hydrogen (secondary N) is 1. The van der Waals surface area contributed by atoms with Crippen molar-refractivity contribution in [2.75, 3.05) is 40.3 Å². The van der Waals surface area contributed by atoms with Gasteiger partial charge < -0.3 is 25.0 Å². The van der Waals surface area contributed by atoms with Crippen LogP contribution in [0.1, 0.15) is 17.0 Å². The van der Waals surface area contributed by atoms with Crippen molar-refractivity contribution in [1.29, 1.82) is 0 Å². The average molecular weight is 464 g/mol. The zero-order valence-electron chi connectivity index (χ0n) is 19.3. The molecule has 8 heteroatoms. The molecular formula is C26H29N3O5. The number of carboxylic acid groups (broad SMARTS) is 1. The van der Waals surface area contributed by atoms with Crippen LogP contribution in [0, 0.1) is 17.8 Å². The van der Waals surface area contributed by atoms with Crippen LogP contribution in [0.5, 0.6) is 0 Å². The van der Waals surface area contributed by atoms with Crippen molar-refractivity contribution in [1.82, 2.24) is 15.1 Å². The summed E-state index contributed by atoms with van der Waals surface area (Å²) >= 11 is 0. The number of carbonyl (C=O) groups is 3. The minimum absolute atomic E-state index is 0.0240. The highest BCUT2D eigenvalue weighted by Crippen LogP contribution is 2.51. The van der Waals surface area contributed by atoms with Crippen LogP contribution in [0.25, 0.3) is 11.1 Å². The second-order valence-electron chi connectivity index (χ2n) is 9.72. The van der Waals surface area contributed by atoms with Gasteiger partial charge >= 0.3 is 12.1 Å². The molecule has 2 unspecified atom stereocenters. The van der Waals surface area contributed by atoms with Gasteiger partial charge in [0.1, 0.15) is 12.6 Å². The number of hydrogen-bond acceptors (Lipinski definition) is 5. The van der Waals surface area contributed by atoms with E-state index in [2.05, 4.69) is 29.6 Å². The molecule has 5 rings (SSSR count). The minimum atomic E-state index is -0.788. The number of alkyl carbamates (subject to hydrolysis) is 1. The number of likely N-dealkylation sites (tertiary alicyclic amines) is 1. The van der Waals surface area contributed by atoms with Crippen LogP contribution in [-0.4, -0.2) is 79.3 Å². The van der Waals surface area contributed by atoms with Crippen molar-refractivity contribution in [2.45, 2.75) is 12.0 Å². The predicted molar refractivity (Wildman–Crippen MR) is 125 cm³/mol. The maximum atomic E-state index is 13.1. The van der Waals surface area contributed by atoms with E-state index in [9.17, 15) is 19.5 Å². The smallest absolute Gasteiger partial charge is 0.407 e. The number of likely N-dealkylation sites (N-methyl/N-ethyl adjacent to an activating group) is 1. The third-order valence-electron chi connectivity index (χ3n) is 7.27. The topological polar surface area (TPSA) is 99.2 Å². The molecule has 2 aromatic carbocycles. The third kappa shape index (κ3) is 4.03. The summed E-state index contributed by atoms with van der Waals surface area (Å²) in [5, 5.41) is 12.0. The maximum Gasteiger partial charge on any atom is 0.407 e. The molecule has 2 fully saturated rings. The van der Waals surface area contributed by atoms with Gasteiger partial charge in [-0.15, -0.1) is 0 Å². The summed E-state index contributed by atoms with van der Waals surface area (Å²) in [6, 6.07) is 15.5. The van der Waals surface area contributed by atoms with Crippen LogP contribution in [0.3, 0.4) is 0 Å². The van der Waals surface area contributed by atoms with Crippen molar-refractivity contribution < 1.29 is 24.2 Å². The number of carboxylic acids is 1. The number of aliphatic carboxylic acids is 1. The molecule has 1 aliphatic heterocycles. The monoisotopic (exact) mass is 463 g/mol. The summed E-state index contributed by atoms with van der Waals surface area (Å²) in [4.78, 5) is 40.6. The molecule has 3 aliphatic rings. The first-order valence-corrected chi connectivity index (χ1v) is 11.6. The fourth-order valence-electron chi connectivity index (χ4n) is 5.63. The number of rotatable bonds is 7. The molecule has 0 bridgehead atoms. The standard InChI is InChI=1S/C26H29N3O5/c1-28(2)13-22(24(30)29-11-19-20(12-29)23(19)25(31)32)27-26(33)34-14-21-17-9-5-3-7-15(17)16-8-4-6-10-18(16)21/h3-10,19-23H,11-14H2,1-2H3,(H,27,33)(H,31,32)/t19-,20+,22?,23?. The Morgan fingerprint density at radius 2 is 1.59 bits per heavy atom. The van der Waals surface area contributed by atoms with E-state index in [0.29, 0.717) is 19.6 Å². The van der Waals surface area contributed by atoms with E-state index in [4.69, 9.17) is 4.74 Å². The summed E-state index contributed by atoms with van der Waals surface area (Å²) < 4.78 is 5.63. The summed E-state index contributed by atoms with van der Waals surface area (Å²) in [5.74, 6) is -1.33. The van der Waals surface area contributed by atoms with E-state index in [1.165, 1.54) is 0 Å². The van der Waals surface area contributed by atoms with Crippen LogP contribution in [0.15, 0.2) is 48.5 Å². The van der Waals surface area contributed by atoms with E-state index >= 15 is 0 Å². The number of piperidine rings is 1. The highest BCUT2D eigenvalue weighted by molar-refractivity contribution is 5.87. The molecule has 178 valence electrons. The fraction of sp³-hybridized carbons (Fsp3) is 0.423. The number of carbonyl (C=O) groups excluding carboxylic acids is 2. The molecule has 34 heavy (non-hydrogen) atoms. The SMILES string of the molecule is CN(C)CC(NC(=O)OCC1c2ccccc2-c2ccccc21)C(=O)N1C[C@@H]2C(C(=O)O)[C@@H]2C1. The molecule has 0 aromatic heterocycles. The van der Waals surface area contributed by atoms with Crippen LogP contribution >= 0.6 is 0 Å². The van der Waals surface area contributed by atoms with Gasteiger partial charge in [0.2, 0.25) is 5.91 Å². The molecule has 1 saturated heterocycles. The molecule has 2 aliphatic carbocycles. The normalized spacial score (nSPS) is 23.1. The highest BCUT2D eigenvalue weighted by atomic mass is 16.5. The molecular weight excluding hydrogens is 434 g/mol. The molecule has 0 spiro atoms. The van der Waals surface area contributed by atoms with Crippen LogP contribution in [-0.2, 0) is 14.3 Å². The Hall–Kier alpha value is -3.39. The van der Waals surface area contributed by atoms with Gasteiger partial charge in [-0.3, -0.25) is 9.59 Å². The van der Waals surface area contributed by atoms with E-state index in [0.717, 1.165) is 22.3 Å². The number of ether oxygens (including phenoxy) is 1. The van der Waals surface area contributed by atoms with Crippen molar-refractivity contribution in [2.24, 2.45) is 17.8 Å². The Labute approximate surface area is 198 Å². The molecule has 8 nitrogen and oxygen atoms in total. The highest BCUT2D eigenvalue weighted by Gasteiger charge is 2.60. The van der Waals surface area contributed by atoms with Crippen molar-refractivity contribution in [3.8, 4) is 11.1 Å². The van der Waals surface area contributed by atoms with Gasteiger partial charge in [-0.1, -0.05) is 48.5 Å². The first-order valence-electron chi connectivity index (χ1n) is 11.6. The quantitative estimate of drug-likeness (QED) is 0.654. The van der Waals surface area contributed by atoms with E-state index < -0.39 is 18.1 Å². The first-order chi connectivity index (χ1) is 16.3. The Kier molecular flexibility index (Phi) is 5.77. The van der Waals surface area contributed by atoms with Crippen LogP contribution in [0.2, 0.25) is 0 Å². The van der Waals surface area contributed by atoms with E-state index in [1.54, 1.807) is 4.90 Å². The van der Waals surface area contributed by atoms with Crippen molar-refractivity contribution in [3.05, 3.63) is 59.7 Å². The summed E-state index contributed by atoms with van der Waals surface area (Å²) in [7, 11) is 3.67. The van der Waals surface area contributed by atoms with E-state index in [-0.39, 0.29) is 36.2 Å². The fourth-order valence-corrected chi connectivity index (χ4v) is 5.63. The third-order valence-corrected chi connectivity index (χ3v) is 7.27. The number of fused-ring (bicyclic) bond motifs is 4. The molecule has 4 atom stereocenters. The van der Waals surface area contributed by atoms with Gasteiger partial charge in [0, 0.05) is 25.6 Å². The van der Waals surface area contributed by atoms with Gasteiger partial charge in [-0.2, -0.15) is 0 Å². The summed E-state index contributed by atoms with van der Waals surface area (Å²) in [6.45, 7) is 1.36. The molecule has 1 heterocycles. The molecule has 0 radical (unpaired) electrons. The Balaban J connectivity index is 1.22. The lowest BCUT2D eigenvalue weighted by Crippen LogP contribution is -2.53. The molecule has 1 saturated carbocycles. The minimum Gasteiger partial charge on any atom is -0.481 e. The lowest BCUT2D eigenvalue weighted by molar-refractivity contribution is -0.141.